The quantitative estimate of drug-likeness (QED) is 0.303. The van der Waals surface area contributed by atoms with Crippen LogP contribution >= 0.6 is 34.4 Å². The predicted octanol–water partition coefficient (Wildman–Crippen LogP) is 4.59. The van der Waals surface area contributed by atoms with Crippen molar-refractivity contribution in [2.24, 2.45) is 5.73 Å². The van der Waals surface area contributed by atoms with Crippen LogP contribution in [0.2, 0.25) is 0 Å². The molecule has 1 aromatic carbocycles. The summed E-state index contributed by atoms with van der Waals surface area (Å²) in [4.78, 5) is 17.6. The van der Waals surface area contributed by atoms with E-state index >= 15 is 0 Å². The third-order valence-corrected chi connectivity index (χ3v) is 6.93. The molecule has 3 rings (SSSR count). The van der Waals surface area contributed by atoms with Crippen molar-refractivity contribution in [3.05, 3.63) is 79.1 Å². The van der Waals surface area contributed by atoms with Gasteiger partial charge in [0.05, 0.1) is 29.4 Å². The number of nitriles is 2. The van der Waals surface area contributed by atoms with E-state index in [1.54, 1.807) is 6.92 Å². The van der Waals surface area contributed by atoms with Crippen molar-refractivity contribution in [3.63, 3.8) is 0 Å². The van der Waals surface area contributed by atoms with Gasteiger partial charge < -0.3 is 15.2 Å². The zero-order chi connectivity index (χ0) is 24.1. The first-order valence-corrected chi connectivity index (χ1v) is 12.1. The van der Waals surface area contributed by atoms with Gasteiger partial charge in [0.25, 0.3) is 0 Å². The summed E-state index contributed by atoms with van der Waals surface area (Å²) in [6.45, 7) is 5.59. The number of ether oxygens (including phenoxy) is 2. The molecule has 7 nitrogen and oxygen atoms in total. The van der Waals surface area contributed by atoms with Crippen molar-refractivity contribution in [1.82, 2.24) is 4.98 Å². The van der Waals surface area contributed by atoms with Crippen LogP contribution in [0.4, 0.5) is 0 Å². The van der Waals surface area contributed by atoms with Crippen molar-refractivity contribution in [2.75, 3.05) is 12.4 Å². The number of nitrogens with zero attached hydrogens (tertiary/aromatic N) is 3. The molecule has 1 atom stereocenters. The molecule has 33 heavy (non-hydrogen) atoms. The number of hydrogen-bond acceptors (Lipinski definition) is 8. The molecule has 2 heterocycles. The van der Waals surface area contributed by atoms with Gasteiger partial charge in [0.15, 0.2) is 0 Å². The molecule has 168 valence electrons. The maximum atomic E-state index is 13.1. The molecule has 9 heteroatoms. The van der Waals surface area contributed by atoms with E-state index in [4.69, 9.17) is 15.2 Å². The van der Waals surface area contributed by atoms with Crippen LogP contribution in [0.1, 0.15) is 35.2 Å². The first-order valence-electron chi connectivity index (χ1n) is 10.1. The maximum absolute atomic E-state index is 13.1. The van der Waals surface area contributed by atoms with Crippen molar-refractivity contribution < 1.29 is 14.3 Å². The number of nitrogens with two attached hydrogens (primary N) is 1. The fourth-order valence-corrected chi connectivity index (χ4v) is 5.30. The van der Waals surface area contributed by atoms with Gasteiger partial charge in [-0.05, 0) is 66.6 Å². The Hall–Kier alpha value is -3.02. The van der Waals surface area contributed by atoms with Crippen LogP contribution in [0.15, 0.2) is 58.1 Å². The average Bonchev–Trinajstić information content (AvgIpc) is 2.77. The first kappa shape index (κ1) is 24.6. The number of aryl methyl sites for hydroxylation is 2. The molecule has 1 aromatic heterocycles. The van der Waals surface area contributed by atoms with Gasteiger partial charge in [-0.15, -0.1) is 0 Å². The topological polar surface area (TPSA) is 122 Å². The van der Waals surface area contributed by atoms with Gasteiger partial charge in [-0.2, -0.15) is 10.5 Å². The largest absolute Gasteiger partial charge is 0.463 e. The van der Waals surface area contributed by atoms with Gasteiger partial charge in [0, 0.05) is 9.26 Å². The highest BCUT2D eigenvalue weighted by molar-refractivity contribution is 14.1. The lowest BCUT2D eigenvalue weighted by Crippen LogP contribution is -2.27. The van der Waals surface area contributed by atoms with Crippen molar-refractivity contribution in [3.8, 4) is 12.1 Å². The van der Waals surface area contributed by atoms with E-state index in [0.717, 1.165) is 20.4 Å². The van der Waals surface area contributed by atoms with Crippen LogP contribution < -0.4 is 5.73 Å². The van der Waals surface area contributed by atoms with Gasteiger partial charge in [-0.25, -0.2) is 9.78 Å². The number of hydrogen-bond donors (Lipinski definition) is 1. The second-order valence-electron chi connectivity index (χ2n) is 7.16. The number of carbonyl (C=O) groups excluding carboxylic acids is 1. The van der Waals surface area contributed by atoms with Crippen LogP contribution in [-0.2, 0) is 14.3 Å². The second-order valence-corrected chi connectivity index (χ2v) is 9.29. The minimum Gasteiger partial charge on any atom is -0.463 e. The van der Waals surface area contributed by atoms with Crippen molar-refractivity contribution >= 4 is 40.3 Å². The summed E-state index contributed by atoms with van der Waals surface area (Å²) in [5, 5.41) is 20.0. The molecule has 2 N–H and O–H groups in total. The zero-order valence-electron chi connectivity index (χ0n) is 18.3. The highest BCUT2D eigenvalue weighted by Gasteiger charge is 2.38. The van der Waals surface area contributed by atoms with E-state index in [2.05, 4.69) is 39.7 Å². The van der Waals surface area contributed by atoms with Crippen molar-refractivity contribution in [2.45, 2.75) is 31.7 Å². The maximum Gasteiger partial charge on any atom is 0.338 e. The number of pyridine rings is 1. The Bertz CT molecular complexity index is 1260. The minimum atomic E-state index is -0.728. The van der Waals surface area contributed by atoms with Crippen LogP contribution in [-0.4, -0.2) is 23.3 Å². The predicted molar refractivity (Wildman–Crippen MR) is 133 cm³/mol. The van der Waals surface area contributed by atoms with Gasteiger partial charge in [0.2, 0.25) is 5.88 Å². The molecule has 0 unspecified atom stereocenters. The van der Waals surface area contributed by atoms with E-state index in [-0.39, 0.29) is 35.1 Å². The fourth-order valence-electron chi connectivity index (χ4n) is 3.55. The molecule has 0 saturated heterocycles. The number of esters is 1. The Morgan fingerprint density at radius 1 is 1.30 bits per heavy atom. The van der Waals surface area contributed by atoms with Gasteiger partial charge >= 0.3 is 5.97 Å². The standard InChI is InChI=1S/C24H21IN4O3S/c1-4-31-24(30)21-19(12-33-23-16(10-26)13(2)9-14(3)29-23)32-22(28)17(11-27)20(21)15-7-5-6-8-18(15)25/h5-9,20H,4,12,28H2,1-3H3/t20-/m1/s1. The fraction of sp³-hybridized carbons (Fsp3) is 0.250. The van der Waals surface area contributed by atoms with E-state index in [0.29, 0.717) is 10.6 Å². The summed E-state index contributed by atoms with van der Waals surface area (Å²) >= 11 is 3.44. The van der Waals surface area contributed by atoms with E-state index in [9.17, 15) is 15.3 Å². The molecule has 1 aliphatic heterocycles. The van der Waals surface area contributed by atoms with Crippen LogP contribution in [0.25, 0.3) is 0 Å². The highest BCUT2D eigenvalue weighted by atomic mass is 127. The number of aromatic nitrogens is 1. The van der Waals surface area contributed by atoms with E-state index in [1.807, 2.05) is 44.2 Å². The monoisotopic (exact) mass is 572 g/mol. The number of benzene rings is 1. The Balaban J connectivity index is 2.14. The van der Waals surface area contributed by atoms with Gasteiger partial charge in [-0.3, -0.25) is 0 Å². The average molecular weight is 572 g/mol. The van der Waals surface area contributed by atoms with E-state index in [1.165, 1.54) is 11.8 Å². The Labute approximate surface area is 210 Å². The number of rotatable bonds is 6. The second kappa shape index (κ2) is 10.7. The van der Waals surface area contributed by atoms with E-state index < -0.39 is 11.9 Å². The van der Waals surface area contributed by atoms with Gasteiger partial charge in [-0.1, -0.05) is 30.0 Å². The first-order chi connectivity index (χ1) is 15.8. The number of halogens is 1. The summed E-state index contributed by atoms with van der Waals surface area (Å²) < 4.78 is 12.0. The number of allylic oxidation sites excluding steroid dienone is 1. The van der Waals surface area contributed by atoms with Crippen molar-refractivity contribution in [1.29, 1.82) is 10.5 Å². The third kappa shape index (κ3) is 5.15. The number of carbonyl (C=O) groups is 1. The normalized spacial score (nSPS) is 15.5. The number of thioether (sulfide) groups is 1. The zero-order valence-corrected chi connectivity index (χ0v) is 21.3. The SMILES string of the molecule is CCOC(=O)C1=C(CSc2nc(C)cc(C)c2C#N)OC(N)=C(C#N)[C@H]1c1ccccc1I. The summed E-state index contributed by atoms with van der Waals surface area (Å²) in [6.07, 6.45) is 0. The lowest BCUT2D eigenvalue weighted by molar-refractivity contribution is -0.139. The van der Waals surface area contributed by atoms with Crippen LogP contribution in [0, 0.1) is 40.1 Å². The molecular weight excluding hydrogens is 551 g/mol. The summed E-state index contributed by atoms with van der Waals surface area (Å²) in [5.41, 5.74) is 9.33. The lowest BCUT2D eigenvalue weighted by atomic mass is 9.83. The highest BCUT2D eigenvalue weighted by Crippen LogP contribution is 2.42. The molecule has 1 aliphatic rings. The Morgan fingerprint density at radius 3 is 2.67 bits per heavy atom. The third-order valence-electron chi connectivity index (χ3n) is 4.97. The Morgan fingerprint density at radius 2 is 2.03 bits per heavy atom. The molecule has 0 amide bonds. The molecule has 0 bridgehead atoms. The minimum absolute atomic E-state index is 0.0558. The molecule has 0 radical (unpaired) electrons. The molecule has 0 fully saturated rings. The molecule has 0 aliphatic carbocycles. The Kier molecular flexibility index (Phi) is 8.01. The smallest absolute Gasteiger partial charge is 0.338 e. The lowest BCUT2D eigenvalue weighted by Gasteiger charge is -2.28. The molecule has 0 spiro atoms. The molecular formula is C24H21IN4O3S. The van der Waals surface area contributed by atoms with Crippen LogP contribution in [0.5, 0.6) is 0 Å². The van der Waals surface area contributed by atoms with Gasteiger partial charge in [0.1, 0.15) is 28.5 Å². The van der Waals surface area contributed by atoms with Crippen LogP contribution in [0.3, 0.4) is 0 Å². The summed E-state index contributed by atoms with van der Waals surface area (Å²) in [5.74, 6) is -0.900. The molecule has 0 saturated carbocycles. The summed E-state index contributed by atoms with van der Waals surface area (Å²) in [7, 11) is 0. The summed E-state index contributed by atoms with van der Waals surface area (Å²) in [6, 6.07) is 13.6. The molecule has 2 aromatic rings.